The standard InChI is InChI=1S/C40H25N3O/c1-3-14-26(15-4-1)36-37(42-43-39(41-36)27-16-5-2-6-17-27)30-20-13-24-34-38(30)44-35-25-12-11-23-33(35)40(34)31-21-9-7-18-28(31)29-19-8-10-22-32(29)40/h1-25H. The van der Waals surface area contributed by atoms with Crippen molar-refractivity contribution in [2.24, 2.45) is 0 Å². The summed E-state index contributed by atoms with van der Waals surface area (Å²) in [7, 11) is 0. The minimum Gasteiger partial charge on any atom is -0.456 e. The van der Waals surface area contributed by atoms with Gasteiger partial charge < -0.3 is 4.74 Å². The summed E-state index contributed by atoms with van der Waals surface area (Å²) in [6.45, 7) is 0. The Kier molecular flexibility index (Phi) is 5.38. The number of ether oxygens (including phenoxy) is 1. The second-order valence-electron chi connectivity index (χ2n) is 11.2. The highest BCUT2D eigenvalue weighted by molar-refractivity contribution is 5.91. The van der Waals surface area contributed by atoms with Gasteiger partial charge in [0, 0.05) is 27.8 Å². The Labute approximate surface area is 255 Å². The van der Waals surface area contributed by atoms with Gasteiger partial charge in [-0.3, -0.25) is 0 Å². The van der Waals surface area contributed by atoms with Crippen LogP contribution in [-0.4, -0.2) is 15.2 Å². The molecule has 1 aliphatic carbocycles. The third-order valence-corrected chi connectivity index (χ3v) is 8.90. The predicted octanol–water partition coefficient (Wildman–Crippen LogP) is 9.34. The van der Waals surface area contributed by atoms with E-state index in [-0.39, 0.29) is 0 Å². The number of aromatic nitrogens is 3. The Morgan fingerprint density at radius 2 is 0.955 bits per heavy atom. The molecular weight excluding hydrogens is 538 g/mol. The molecule has 0 atom stereocenters. The molecule has 1 aliphatic heterocycles. The summed E-state index contributed by atoms with van der Waals surface area (Å²) in [4.78, 5) is 5.11. The number of benzene rings is 6. The minimum absolute atomic E-state index is 0.550. The van der Waals surface area contributed by atoms with Crippen LogP contribution in [0.1, 0.15) is 22.3 Å². The summed E-state index contributed by atoms with van der Waals surface area (Å²) in [5.74, 6) is 2.19. The summed E-state index contributed by atoms with van der Waals surface area (Å²) >= 11 is 0. The lowest BCUT2D eigenvalue weighted by atomic mass is 9.65. The molecular formula is C40H25N3O. The van der Waals surface area contributed by atoms with E-state index in [1.54, 1.807) is 0 Å². The van der Waals surface area contributed by atoms with Gasteiger partial charge in [0.2, 0.25) is 0 Å². The Balaban J connectivity index is 1.36. The van der Waals surface area contributed by atoms with Crippen molar-refractivity contribution in [3.05, 3.63) is 174 Å². The van der Waals surface area contributed by atoms with Crippen LogP contribution in [0.15, 0.2) is 152 Å². The van der Waals surface area contributed by atoms with Gasteiger partial charge in [0.05, 0.1) is 5.41 Å². The van der Waals surface area contributed by atoms with Crippen molar-refractivity contribution in [2.75, 3.05) is 0 Å². The topological polar surface area (TPSA) is 47.9 Å². The van der Waals surface area contributed by atoms with E-state index in [2.05, 4.69) is 102 Å². The van der Waals surface area contributed by atoms with Crippen LogP contribution in [0, 0.1) is 0 Å². The maximum atomic E-state index is 6.89. The lowest BCUT2D eigenvalue weighted by Gasteiger charge is -2.40. The maximum absolute atomic E-state index is 6.89. The number of fused-ring (bicyclic) bond motifs is 9. The zero-order valence-corrected chi connectivity index (χ0v) is 23.7. The van der Waals surface area contributed by atoms with Crippen molar-refractivity contribution in [2.45, 2.75) is 5.41 Å². The van der Waals surface area contributed by atoms with Crippen LogP contribution in [0.25, 0.3) is 45.0 Å². The van der Waals surface area contributed by atoms with Crippen molar-refractivity contribution in [3.63, 3.8) is 0 Å². The monoisotopic (exact) mass is 563 g/mol. The second-order valence-corrected chi connectivity index (χ2v) is 11.2. The van der Waals surface area contributed by atoms with E-state index in [1.165, 1.54) is 22.3 Å². The van der Waals surface area contributed by atoms with Gasteiger partial charge in [0.15, 0.2) is 5.82 Å². The Hall–Kier alpha value is -5.87. The van der Waals surface area contributed by atoms with Gasteiger partial charge in [-0.25, -0.2) is 4.98 Å². The van der Waals surface area contributed by atoms with E-state index in [9.17, 15) is 0 Å². The molecule has 1 aromatic heterocycles. The fourth-order valence-corrected chi connectivity index (χ4v) is 7.08. The first kappa shape index (κ1) is 24.7. The first-order chi connectivity index (χ1) is 21.8. The maximum Gasteiger partial charge on any atom is 0.182 e. The van der Waals surface area contributed by atoms with Crippen molar-refractivity contribution >= 4 is 0 Å². The van der Waals surface area contributed by atoms with Crippen LogP contribution in [-0.2, 0) is 5.41 Å². The first-order valence-corrected chi connectivity index (χ1v) is 14.8. The van der Waals surface area contributed by atoms with Crippen LogP contribution in [0.4, 0.5) is 0 Å². The van der Waals surface area contributed by atoms with E-state index in [1.807, 2.05) is 54.6 Å². The number of rotatable bonds is 3. The zero-order valence-electron chi connectivity index (χ0n) is 23.7. The summed E-state index contributed by atoms with van der Waals surface area (Å²) < 4.78 is 6.89. The Morgan fingerprint density at radius 1 is 0.409 bits per heavy atom. The Morgan fingerprint density at radius 3 is 1.66 bits per heavy atom. The highest BCUT2D eigenvalue weighted by Crippen LogP contribution is 2.63. The molecule has 0 saturated heterocycles. The van der Waals surface area contributed by atoms with Gasteiger partial charge in [0.1, 0.15) is 22.9 Å². The molecule has 4 heteroatoms. The molecule has 2 heterocycles. The molecule has 9 rings (SSSR count). The van der Waals surface area contributed by atoms with Gasteiger partial charge in [-0.15, -0.1) is 10.2 Å². The molecule has 6 aromatic carbocycles. The molecule has 0 fully saturated rings. The third kappa shape index (κ3) is 3.42. The average molecular weight is 564 g/mol. The highest BCUT2D eigenvalue weighted by atomic mass is 16.5. The highest BCUT2D eigenvalue weighted by Gasteiger charge is 2.51. The van der Waals surface area contributed by atoms with Gasteiger partial charge in [-0.05, 0) is 34.4 Å². The van der Waals surface area contributed by atoms with Crippen LogP contribution in [0.3, 0.4) is 0 Å². The fourth-order valence-electron chi connectivity index (χ4n) is 7.08. The molecule has 1 spiro atoms. The van der Waals surface area contributed by atoms with E-state index in [4.69, 9.17) is 14.8 Å². The first-order valence-electron chi connectivity index (χ1n) is 14.8. The smallest absolute Gasteiger partial charge is 0.182 e. The van der Waals surface area contributed by atoms with Gasteiger partial charge in [-0.2, -0.15) is 0 Å². The van der Waals surface area contributed by atoms with Crippen LogP contribution < -0.4 is 4.74 Å². The molecule has 206 valence electrons. The van der Waals surface area contributed by atoms with Crippen molar-refractivity contribution in [1.29, 1.82) is 0 Å². The largest absolute Gasteiger partial charge is 0.456 e. The van der Waals surface area contributed by atoms with Gasteiger partial charge >= 0.3 is 0 Å². The normalized spacial score (nSPS) is 13.4. The van der Waals surface area contributed by atoms with Gasteiger partial charge in [-0.1, -0.05) is 140 Å². The molecule has 7 aromatic rings. The predicted molar refractivity (Wildman–Crippen MR) is 174 cm³/mol. The molecule has 0 radical (unpaired) electrons. The number of nitrogens with zero attached hydrogens (tertiary/aromatic N) is 3. The Bertz CT molecular complexity index is 2160. The van der Waals surface area contributed by atoms with Crippen molar-refractivity contribution in [1.82, 2.24) is 15.2 Å². The zero-order chi connectivity index (χ0) is 29.1. The lowest BCUT2D eigenvalue weighted by molar-refractivity contribution is 0.438. The SMILES string of the molecule is c1ccc(-c2nnc(-c3cccc4c3Oc3ccccc3C43c4ccccc4-c4ccccc43)c(-c3ccccc3)n2)cc1. The van der Waals surface area contributed by atoms with Crippen LogP contribution >= 0.6 is 0 Å². The van der Waals surface area contributed by atoms with Crippen molar-refractivity contribution < 1.29 is 4.74 Å². The van der Waals surface area contributed by atoms with Crippen LogP contribution in [0.2, 0.25) is 0 Å². The summed E-state index contributed by atoms with van der Waals surface area (Å²) in [5.41, 5.74) is 10.8. The summed E-state index contributed by atoms with van der Waals surface area (Å²) in [6, 6.07) is 52.5. The summed E-state index contributed by atoms with van der Waals surface area (Å²) in [5, 5.41) is 9.53. The van der Waals surface area contributed by atoms with Gasteiger partial charge in [0.25, 0.3) is 0 Å². The molecule has 0 amide bonds. The molecule has 2 aliphatic rings. The molecule has 0 unspecified atom stereocenters. The number of hydrogen-bond donors (Lipinski definition) is 0. The van der Waals surface area contributed by atoms with Crippen LogP contribution in [0.5, 0.6) is 11.5 Å². The molecule has 44 heavy (non-hydrogen) atoms. The van der Waals surface area contributed by atoms with E-state index in [0.29, 0.717) is 11.5 Å². The number of hydrogen-bond acceptors (Lipinski definition) is 4. The van der Waals surface area contributed by atoms with Crippen molar-refractivity contribution in [3.8, 4) is 56.5 Å². The molecule has 0 bridgehead atoms. The minimum atomic E-state index is -0.550. The van der Waals surface area contributed by atoms with E-state index >= 15 is 0 Å². The second kappa shape index (κ2) is 9.58. The number of para-hydroxylation sites is 2. The molecule has 4 nitrogen and oxygen atoms in total. The quantitative estimate of drug-likeness (QED) is 0.215. The van der Waals surface area contributed by atoms with E-state index < -0.39 is 5.41 Å². The third-order valence-electron chi connectivity index (χ3n) is 8.90. The fraction of sp³-hybridized carbons (Fsp3) is 0.0250. The summed E-state index contributed by atoms with van der Waals surface area (Å²) in [6.07, 6.45) is 0. The lowest BCUT2D eigenvalue weighted by Crippen LogP contribution is -2.32. The molecule has 0 N–H and O–H groups in total. The van der Waals surface area contributed by atoms with E-state index in [0.717, 1.165) is 45.0 Å². The molecule has 0 saturated carbocycles. The average Bonchev–Trinajstić information content (AvgIpc) is 3.40.